The van der Waals surface area contributed by atoms with E-state index in [1.807, 2.05) is 43.3 Å². The van der Waals surface area contributed by atoms with Crippen molar-refractivity contribution in [3.05, 3.63) is 64.2 Å². The highest BCUT2D eigenvalue weighted by Gasteiger charge is 2.41. The SMILES string of the molecule is COc1cc(C)c2c(c1C(C)C)C(C#N)N(CCc1ccccc1)C2=O. The first kappa shape index (κ1) is 18.0. The first-order chi connectivity index (χ1) is 12.5. The standard InChI is InChI=1S/C22H24N2O2/c1-14(2)19-18(26-4)12-15(3)20-21(19)17(13-23)24(22(20)25)11-10-16-8-6-5-7-9-16/h5-9,12,14,17H,10-11H2,1-4H3. The summed E-state index contributed by atoms with van der Waals surface area (Å²) in [6.07, 6.45) is 0.728. The Morgan fingerprint density at radius 3 is 2.54 bits per heavy atom. The molecule has 0 aliphatic carbocycles. The molecule has 3 rings (SSSR count). The summed E-state index contributed by atoms with van der Waals surface area (Å²) >= 11 is 0. The number of hydrogen-bond donors (Lipinski definition) is 0. The maximum Gasteiger partial charge on any atom is 0.255 e. The molecule has 0 N–H and O–H groups in total. The minimum absolute atomic E-state index is 0.0514. The highest BCUT2D eigenvalue weighted by atomic mass is 16.5. The van der Waals surface area contributed by atoms with Crippen LogP contribution in [0.15, 0.2) is 36.4 Å². The van der Waals surface area contributed by atoms with E-state index in [4.69, 9.17) is 4.74 Å². The van der Waals surface area contributed by atoms with Gasteiger partial charge < -0.3 is 9.64 Å². The lowest BCUT2D eigenvalue weighted by Crippen LogP contribution is -2.29. The summed E-state index contributed by atoms with van der Waals surface area (Å²) in [6.45, 7) is 6.57. The molecule has 134 valence electrons. The highest BCUT2D eigenvalue weighted by Crippen LogP contribution is 2.44. The van der Waals surface area contributed by atoms with Crippen LogP contribution in [0.25, 0.3) is 0 Å². The number of rotatable bonds is 5. The highest BCUT2D eigenvalue weighted by molar-refractivity contribution is 6.02. The number of ether oxygens (including phenoxy) is 1. The van der Waals surface area contributed by atoms with Crippen molar-refractivity contribution >= 4 is 5.91 Å². The first-order valence-electron chi connectivity index (χ1n) is 8.95. The predicted molar refractivity (Wildman–Crippen MR) is 101 cm³/mol. The summed E-state index contributed by atoms with van der Waals surface area (Å²) in [5, 5.41) is 9.87. The van der Waals surface area contributed by atoms with Gasteiger partial charge in [-0.2, -0.15) is 5.26 Å². The Hall–Kier alpha value is -2.80. The number of carbonyl (C=O) groups is 1. The second-order valence-corrected chi connectivity index (χ2v) is 7.02. The molecule has 0 saturated carbocycles. The molecule has 0 spiro atoms. The van der Waals surface area contributed by atoms with Crippen molar-refractivity contribution in [2.45, 2.75) is 39.2 Å². The van der Waals surface area contributed by atoms with E-state index in [2.05, 4.69) is 19.9 Å². The quantitative estimate of drug-likeness (QED) is 0.805. The van der Waals surface area contributed by atoms with E-state index < -0.39 is 6.04 Å². The molecule has 1 unspecified atom stereocenters. The van der Waals surface area contributed by atoms with Gasteiger partial charge in [0.05, 0.1) is 13.2 Å². The van der Waals surface area contributed by atoms with Gasteiger partial charge in [-0.3, -0.25) is 4.79 Å². The van der Waals surface area contributed by atoms with Crippen LogP contribution in [0.4, 0.5) is 0 Å². The van der Waals surface area contributed by atoms with E-state index in [1.165, 1.54) is 0 Å². The maximum absolute atomic E-state index is 13.1. The molecule has 26 heavy (non-hydrogen) atoms. The first-order valence-corrected chi connectivity index (χ1v) is 8.95. The van der Waals surface area contributed by atoms with Gasteiger partial charge in [-0.15, -0.1) is 0 Å². The van der Waals surface area contributed by atoms with Crippen molar-refractivity contribution in [3.8, 4) is 11.8 Å². The van der Waals surface area contributed by atoms with Crippen LogP contribution in [0.5, 0.6) is 5.75 Å². The molecule has 1 aliphatic heterocycles. The smallest absolute Gasteiger partial charge is 0.255 e. The molecule has 0 saturated heterocycles. The van der Waals surface area contributed by atoms with E-state index in [1.54, 1.807) is 12.0 Å². The lowest BCUT2D eigenvalue weighted by atomic mass is 9.88. The van der Waals surface area contributed by atoms with Crippen LogP contribution in [-0.4, -0.2) is 24.5 Å². The number of benzene rings is 2. The van der Waals surface area contributed by atoms with Gasteiger partial charge >= 0.3 is 0 Å². The minimum atomic E-state index is -0.563. The number of carbonyl (C=O) groups excluding carboxylic acids is 1. The Kier molecular flexibility index (Phi) is 4.99. The van der Waals surface area contributed by atoms with E-state index in [0.717, 1.165) is 34.4 Å². The molecule has 0 bridgehead atoms. The fourth-order valence-corrected chi connectivity index (χ4v) is 3.83. The summed E-state index contributed by atoms with van der Waals surface area (Å²) < 4.78 is 5.57. The zero-order chi connectivity index (χ0) is 18.8. The van der Waals surface area contributed by atoms with Crippen molar-refractivity contribution in [1.29, 1.82) is 5.26 Å². The average molecular weight is 348 g/mol. The van der Waals surface area contributed by atoms with Crippen LogP contribution in [0.1, 0.15) is 58.4 Å². The monoisotopic (exact) mass is 348 g/mol. The fraction of sp³-hybridized carbons (Fsp3) is 0.364. The third-order valence-corrected chi connectivity index (χ3v) is 5.03. The normalized spacial score (nSPS) is 15.9. The molecule has 2 aromatic carbocycles. The van der Waals surface area contributed by atoms with Crippen LogP contribution in [0, 0.1) is 18.3 Å². The molecular weight excluding hydrogens is 324 g/mol. The molecule has 0 radical (unpaired) electrons. The molecule has 1 atom stereocenters. The number of nitriles is 1. The van der Waals surface area contributed by atoms with E-state index >= 15 is 0 Å². The summed E-state index contributed by atoms with van der Waals surface area (Å²) in [5.74, 6) is 0.871. The fourth-order valence-electron chi connectivity index (χ4n) is 3.83. The molecule has 1 amide bonds. The molecule has 4 nitrogen and oxygen atoms in total. The Bertz CT molecular complexity index is 866. The van der Waals surface area contributed by atoms with Gasteiger partial charge in [-0.1, -0.05) is 44.2 Å². The van der Waals surface area contributed by atoms with Gasteiger partial charge in [-0.05, 0) is 36.5 Å². The molecule has 2 aromatic rings. The number of nitrogens with zero attached hydrogens (tertiary/aromatic N) is 2. The van der Waals surface area contributed by atoms with Gasteiger partial charge in [0.15, 0.2) is 0 Å². The van der Waals surface area contributed by atoms with Gasteiger partial charge in [0.1, 0.15) is 11.8 Å². The van der Waals surface area contributed by atoms with Gasteiger partial charge in [0.2, 0.25) is 0 Å². The topological polar surface area (TPSA) is 53.3 Å². The van der Waals surface area contributed by atoms with E-state index in [0.29, 0.717) is 12.1 Å². The van der Waals surface area contributed by atoms with Crippen molar-refractivity contribution in [3.63, 3.8) is 0 Å². The number of amides is 1. The molecular formula is C22H24N2O2. The van der Waals surface area contributed by atoms with Crippen molar-refractivity contribution < 1.29 is 9.53 Å². The average Bonchev–Trinajstić information content (AvgIpc) is 2.92. The molecule has 0 fully saturated rings. The second kappa shape index (κ2) is 7.21. The zero-order valence-corrected chi connectivity index (χ0v) is 15.7. The molecule has 1 heterocycles. The van der Waals surface area contributed by atoms with Crippen LogP contribution in [0.2, 0.25) is 0 Å². The summed E-state index contributed by atoms with van der Waals surface area (Å²) in [4.78, 5) is 14.8. The Labute approximate surface area is 155 Å². The van der Waals surface area contributed by atoms with Crippen molar-refractivity contribution in [2.24, 2.45) is 0 Å². The lowest BCUT2D eigenvalue weighted by Gasteiger charge is -2.22. The molecule has 0 aromatic heterocycles. The predicted octanol–water partition coefficient (Wildman–Crippen LogP) is 4.39. The van der Waals surface area contributed by atoms with Gasteiger partial charge in [0, 0.05) is 23.2 Å². The number of hydrogen-bond acceptors (Lipinski definition) is 3. The Balaban J connectivity index is 2.03. The van der Waals surface area contributed by atoms with Crippen molar-refractivity contribution in [2.75, 3.05) is 13.7 Å². The van der Waals surface area contributed by atoms with Crippen LogP contribution < -0.4 is 4.74 Å². The van der Waals surface area contributed by atoms with Crippen LogP contribution >= 0.6 is 0 Å². The Morgan fingerprint density at radius 2 is 1.96 bits per heavy atom. The number of aryl methyl sites for hydroxylation is 1. The summed E-state index contributed by atoms with van der Waals surface area (Å²) in [6, 6.07) is 13.8. The number of fused-ring (bicyclic) bond motifs is 1. The van der Waals surface area contributed by atoms with Gasteiger partial charge in [0.25, 0.3) is 5.91 Å². The zero-order valence-electron chi connectivity index (χ0n) is 15.7. The van der Waals surface area contributed by atoms with E-state index in [9.17, 15) is 10.1 Å². The largest absolute Gasteiger partial charge is 0.496 e. The summed E-state index contributed by atoms with van der Waals surface area (Å²) in [5.41, 5.74) is 4.50. The van der Waals surface area contributed by atoms with Gasteiger partial charge in [-0.25, -0.2) is 0 Å². The lowest BCUT2D eigenvalue weighted by molar-refractivity contribution is 0.0759. The van der Waals surface area contributed by atoms with Crippen molar-refractivity contribution in [1.82, 2.24) is 4.90 Å². The minimum Gasteiger partial charge on any atom is -0.496 e. The third kappa shape index (κ3) is 2.94. The maximum atomic E-state index is 13.1. The third-order valence-electron chi connectivity index (χ3n) is 5.03. The van der Waals surface area contributed by atoms with Crippen LogP contribution in [0.3, 0.4) is 0 Å². The van der Waals surface area contributed by atoms with Crippen LogP contribution in [-0.2, 0) is 6.42 Å². The number of methoxy groups -OCH3 is 1. The molecule has 1 aliphatic rings. The van der Waals surface area contributed by atoms with E-state index in [-0.39, 0.29) is 11.8 Å². The second-order valence-electron chi connectivity index (χ2n) is 7.02. The Morgan fingerprint density at radius 1 is 1.27 bits per heavy atom. The molecule has 4 heteroatoms. The summed E-state index contributed by atoms with van der Waals surface area (Å²) in [7, 11) is 1.64.